The number of H-pyrrole nitrogens is 7. The molecule has 0 aliphatic carbocycles. The second kappa shape index (κ2) is 46.9. The highest BCUT2D eigenvalue weighted by atomic mass is 32.1. The lowest BCUT2D eigenvalue weighted by Gasteiger charge is -2.31. The molecule has 0 unspecified atom stereocenters. The van der Waals surface area contributed by atoms with Crippen molar-refractivity contribution in [2.75, 3.05) is 84.1 Å². The van der Waals surface area contributed by atoms with Gasteiger partial charge >= 0.3 is 30.2 Å². The highest BCUT2D eigenvalue weighted by Gasteiger charge is 2.47. The number of urea groups is 5. The average molecular weight is 1900 g/mol. The predicted molar refractivity (Wildman–Crippen MR) is 482 cm³/mol. The maximum atomic E-state index is 12.2. The number of ether oxygens (including phenoxy) is 1. The van der Waals surface area contributed by atoms with Crippen molar-refractivity contribution in [3.8, 4) is 34.2 Å². The molecule has 127 heavy (non-hydrogen) atoms. The van der Waals surface area contributed by atoms with Gasteiger partial charge in [-0.15, -0.1) is 0 Å². The van der Waals surface area contributed by atoms with E-state index in [4.69, 9.17) is 129 Å². The molecule has 12 aromatic rings. The van der Waals surface area contributed by atoms with Gasteiger partial charge in [0.2, 0.25) is 20.1 Å². The summed E-state index contributed by atoms with van der Waals surface area (Å²) in [5.41, 5.74) is 34.0. The van der Waals surface area contributed by atoms with Crippen molar-refractivity contribution in [3.63, 3.8) is 0 Å². The third kappa shape index (κ3) is 28.4. The van der Waals surface area contributed by atoms with Crippen LogP contribution in [0.2, 0.25) is 0 Å². The monoisotopic (exact) mass is 1900 g/mol. The number of rotatable bonds is 22. The zero-order valence-electron chi connectivity index (χ0n) is 67.0. The summed E-state index contributed by atoms with van der Waals surface area (Å²) in [4.78, 5) is 68.9. The van der Waals surface area contributed by atoms with Crippen molar-refractivity contribution in [3.05, 3.63) is 215 Å². The number of anilines is 8. The summed E-state index contributed by atoms with van der Waals surface area (Å²) in [6, 6.07) is 46.0. The van der Waals surface area contributed by atoms with E-state index >= 15 is 0 Å². The van der Waals surface area contributed by atoms with Crippen LogP contribution in [-0.2, 0) is 4.79 Å². The van der Waals surface area contributed by atoms with Crippen LogP contribution in [0.15, 0.2) is 181 Å². The van der Waals surface area contributed by atoms with Crippen LogP contribution in [0, 0.1) is 33.4 Å². The summed E-state index contributed by atoms with van der Waals surface area (Å²) < 4.78 is 16.1. The number of carbonyl (C=O) groups is 6. The normalized spacial score (nSPS) is 11.2. The first-order valence-electron chi connectivity index (χ1n) is 35.9. The number of hydrogen-bond donors (Lipinski definition) is 28. The smallest absolute Gasteiger partial charge is 0.359 e. The van der Waals surface area contributed by atoms with E-state index in [-0.39, 0.29) is 22.0 Å². The minimum atomic E-state index is -1.02. The van der Waals surface area contributed by atoms with Crippen molar-refractivity contribution in [1.29, 1.82) is 0 Å². The van der Waals surface area contributed by atoms with E-state index in [1.807, 2.05) is 37.3 Å². The highest BCUT2D eigenvalue weighted by Crippen LogP contribution is 2.37. The molecule has 670 valence electrons. The van der Waals surface area contributed by atoms with Crippen LogP contribution in [0.5, 0.6) is 5.75 Å². The zero-order valence-corrected chi connectivity index (χ0v) is 73.5. The van der Waals surface area contributed by atoms with Gasteiger partial charge in [0.25, 0.3) is 5.91 Å². The lowest BCUT2D eigenvalue weighted by molar-refractivity contribution is -0.117. The maximum Gasteiger partial charge on any atom is 0.359 e. The number of carbonyl (C=O) groups excluding carboxylic acids is 6. The molecule has 11 amide bonds. The van der Waals surface area contributed by atoms with Crippen molar-refractivity contribution < 1.29 is 69.8 Å². The van der Waals surface area contributed by atoms with Gasteiger partial charge in [-0.05, 0) is 264 Å². The van der Waals surface area contributed by atoms with E-state index in [2.05, 4.69) is 137 Å². The number of nitrogens with one attached hydrogen (secondary N) is 21. The number of tetrazole rings is 3. The Hall–Kier alpha value is -15.2. The summed E-state index contributed by atoms with van der Waals surface area (Å²) in [5.74, 6) is -0.980. The molecular weight excluding hydrogens is 1820 g/mol. The highest BCUT2D eigenvalue weighted by molar-refractivity contribution is 7.80. The number of aromatic nitrogens is 18. The van der Waals surface area contributed by atoms with Gasteiger partial charge in [-0.3, -0.25) is 92.4 Å². The Morgan fingerprint density at radius 3 is 1.15 bits per heavy atom. The molecule has 0 spiro atoms. The first-order valence-corrected chi connectivity index (χ1v) is 39.2. The van der Waals surface area contributed by atoms with E-state index < -0.39 is 47.4 Å². The molecule has 6 heterocycles. The Kier molecular flexibility index (Phi) is 35.9. The molecule has 1 aliphatic rings. The van der Waals surface area contributed by atoms with Crippen LogP contribution in [0.25, 0.3) is 28.4 Å². The Bertz CT molecular complexity index is 6180. The zero-order chi connectivity index (χ0) is 92.6. The molecule has 5 aromatic heterocycles. The third-order valence-electron chi connectivity index (χ3n) is 16.0. The van der Waals surface area contributed by atoms with E-state index in [9.17, 15) is 39.0 Å². The van der Waals surface area contributed by atoms with E-state index in [0.29, 0.717) is 100 Å². The first-order chi connectivity index (χ1) is 60.6. The largest absolute Gasteiger partial charge is 0.506 e. The van der Waals surface area contributed by atoms with Gasteiger partial charge in [-0.1, -0.05) is 55.2 Å². The molecule has 1 aliphatic heterocycles. The molecule has 0 saturated heterocycles. The molecular formula is C68H81N37O14S8. The predicted octanol–water partition coefficient (Wildman–Crippen LogP) is 9.50. The van der Waals surface area contributed by atoms with Gasteiger partial charge in [0.05, 0.1) is 56.9 Å². The van der Waals surface area contributed by atoms with Crippen LogP contribution in [0.1, 0.15) is 20.8 Å². The number of hydrazine groups is 5. The molecule has 28 N–H and O–H groups in total. The molecule has 7 aromatic carbocycles. The number of hydrogen-bond acceptors (Lipinski definition) is 34. The minimum absolute atomic E-state index is 0.245. The van der Waals surface area contributed by atoms with Crippen LogP contribution >= 0.6 is 97.7 Å². The number of hydroxylamine groups is 9. The van der Waals surface area contributed by atoms with Gasteiger partial charge in [-0.2, -0.15) is 15.6 Å². The number of thiocarbonyl (C=S) groups is 1. The number of amides is 11. The van der Waals surface area contributed by atoms with E-state index in [1.54, 1.807) is 167 Å². The van der Waals surface area contributed by atoms with Crippen LogP contribution in [-0.4, -0.2) is 235 Å². The van der Waals surface area contributed by atoms with E-state index in [1.165, 1.54) is 47.9 Å². The van der Waals surface area contributed by atoms with Gasteiger partial charge in [0.15, 0.2) is 36.7 Å². The first kappa shape index (κ1) is 97.3. The summed E-state index contributed by atoms with van der Waals surface area (Å²) in [7, 11) is 4.87. The number of aliphatic hydroxyl groups is 2. The Morgan fingerprint density at radius 2 is 0.787 bits per heavy atom. The van der Waals surface area contributed by atoms with Gasteiger partial charge in [-0.25, -0.2) is 90.9 Å². The minimum Gasteiger partial charge on any atom is -0.506 e. The number of aromatic amines is 7. The van der Waals surface area contributed by atoms with E-state index in [0.717, 1.165) is 35.0 Å². The van der Waals surface area contributed by atoms with Gasteiger partial charge in [0, 0.05) is 51.8 Å². The Morgan fingerprint density at radius 1 is 0.449 bits per heavy atom. The molecule has 0 radical (unpaired) electrons. The standard InChI is InChI=1S/C16H18N8O3S.C14H14N4O3S2.C11H17N5O2S.C10H12N6O2S2.C9H11N7O2S.C8H9N7O2S/c1-23(26)15(25)19-18-11-5-7-14(8-6-11)27-10-17-12-3-2-4-13(9-12)24-16(28)20-21-22-24;1-14(2)10(20)9(19)11(21)18(14)8-5-3-7(4-6-8)17-12(22)15-16-13(17)23;1-3-12-10(19)13-8-4-6-9(7-5-8)14-15-11(17)16(2)18;1-15(18)8(17)12-11-6-3-2-4-7(5-6)16-9(19)13-14-10(16)20;1-15(18)8(17)11-10-6-3-2-4-7(5-6)16-9(19)12-13-14-16;16-7(12-17)10-9-5-2-1-3-6(4-5)15-8(18)11-13-14-15/h2-9,17-18,26H,10H2,1H3,(H,19,25)(H,20,22,28);3-6,19-20H,1-2H3,(H,15,22)(H,16,23);4-7,14,18H,3H2,1-2H3,(H,15,17)(H2,12,13,19);2-5,11,18H,1H3,(H,12,17)(H,13,19)(H,14,20);2-5,10,18H,1H3,(H,11,17)(H,12,14,19);1-4,9,17H,(H2,10,12,16)(H,11,14,18). The lowest BCUT2D eigenvalue weighted by atomic mass is 10.0. The summed E-state index contributed by atoms with van der Waals surface area (Å²) in [6.07, 6.45) is 0. The molecule has 0 bridgehead atoms. The quantitative estimate of drug-likeness (QED) is 0.0130. The Balaban J connectivity index is 0.000000190. The average Bonchev–Trinajstić information content (AvgIpc) is 1.60. The van der Waals surface area contributed by atoms with Gasteiger partial charge < -0.3 is 30.9 Å². The fourth-order valence-corrected chi connectivity index (χ4v) is 11.9. The topological polar surface area (TPSA) is 650 Å². The van der Waals surface area contributed by atoms with Crippen LogP contribution in [0.3, 0.4) is 0 Å². The maximum absolute atomic E-state index is 12.2. The summed E-state index contributed by atoms with van der Waals surface area (Å²) in [6.45, 7) is 6.26. The van der Waals surface area contributed by atoms with Crippen LogP contribution in [0.4, 0.5) is 69.5 Å². The van der Waals surface area contributed by atoms with Crippen molar-refractivity contribution >= 4 is 184 Å². The van der Waals surface area contributed by atoms with Crippen molar-refractivity contribution in [1.82, 2.24) is 148 Å². The molecule has 0 saturated carbocycles. The number of aliphatic hydroxyl groups excluding tert-OH is 2. The van der Waals surface area contributed by atoms with Crippen molar-refractivity contribution in [2.24, 2.45) is 0 Å². The summed E-state index contributed by atoms with van der Waals surface area (Å²) in [5, 5.41) is 116. The second-order valence-electron chi connectivity index (χ2n) is 25.3. The molecule has 0 atom stereocenters. The molecule has 51 nitrogen and oxygen atoms in total. The fourth-order valence-electron chi connectivity index (χ4n) is 9.95. The molecule has 59 heteroatoms. The van der Waals surface area contributed by atoms with Gasteiger partial charge in [0.1, 0.15) is 11.3 Å². The SMILES string of the molecule is CC1(C)C(O)=C(O)C(=O)N1c1ccc(-n2c(=S)[nH][nH]c2=S)cc1.CCNC(=S)Nc1ccc(NNC(=O)N(C)O)cc1.CN(O)C(=O)NNc1ccc(OCNc2cccc(-n3[nH]nnc3=S)c2)cc1.CN(O)C(=O)NNc1cccc(-n2[nH]nnc2=S)c1.CN(O)C(=O)NNc1cccc(-n2c(=S)[nH][nH]c2=S)c1.O=C(NO)NNc1cccc(-n2[nH]nnc2=S)c1. The third-order valence-corrected chi connectivity index (χ3v) is 18.2. The van der Waals surface area contributed by atoms with Crippen molar-refractivity contribution in [2.45, 2.75) is 26.3 Å². The second-order valence-corrected chi connectivity index (χ2v) is 28.4. The lowest BCUT2D eigenvalue weighted by Crippen LogP contribution is -2.43. The molecule has 13 rings (SSSR count). The number of benzene rings is 7. The van der Waals surface area contributed by atoms with Crippen LogP contribution < -0.4 is 85.3 Å². The molecule has 0 fully saturated rings. The summed E-state index contributed by atoms with van der Waals surface area (Å²) >= 11 is 40.6. The Labute approximate surface area is 757 Å². The number of nitrogens with zero attached hydrogens (tertiary/aromatic N) is 16. The fraction of sp³-hybridized carbons (Fsp3) is 0.147.